The van der Waals surface area contributed by atoms with Gasteiger partial charge in [-0.3, -0.25) is 14.6 Å². The molecule has 1 saturated heterocycles. The standard InChI is InChI=1S/C20H26N4O3S.ClH/c1-12(2)18(21)20(27)24-10-15(25)7-16(24)19(26)23-8-13-3-5-14(6-4-13)17-9-22-11-28-17;/h3-6,9,11-12,15-16,18,25H,7-8,10,21H2,1-2H3,(H,23,26);1H/t15-,16+,18?;/m1./s1. The fraction of sp³-hybridized carbons (Fsp3) is 0.450. The number of hydrogen-bond donors (Lipinski definition) is 3. The van der Waals surface area contributed by atoms with Crippen LogP contribution in [0.1, 0.15) is 25.8 Å². The molecule has 158 valence electrons. The van der Waals surface area contributed by atoms with E-state index in [-0.39, 0.29) is 43.1 Å². The highest BCUT2D eigenvalue weighted by atomic mass is 35.5. The summed E-state index contributed by atoms with van der Waals surface area (Å²) in [5.74, 6) is -0.598. The van der Waals surface area contributed by atoms with Crippen molar-refractivity contribution in [2.75, 3.05) is 6.54 Å². The summed E-state index contributed by atoms with van der Waals surface area (Å²) in [5.41, 5.74) is 9.78. The summed E-state index contributed by atoms with van der Waals surface area (Å²) in [5, 5.41) is 12.8. The summed E-state index contributed by atoms with van der Waals surface area (Å²) in [6, 6.07) is 6.52. The molecule has 1 aromatic carbocycles. The molecule has 0 saturated carbocycles. The number of aliphatic hydroxyl groups excluding tert-OH is 1. The van der Waals surface area contributed by atoms with E-state index in [1.54, 1.807) is 16.8 Å². The number of nitrogens with zero attached hydrogens (tertiary/aromatic N) is 2. The molecule has 4 N–H and O–H groups in total. The summed E-state index contributed by atoms with van der Waals surface area (Å²) in [4.78, 5) is 31.8. The van der Waals surface area contributed by atoms with Crippen molar-refractivity contribution < 1.29 is 14.7 Å². The molecule has 1 unspecified atom stereocenters. The number of amides is 2. The summed E-state index contributed by atoms with van der Waals surface area (Å²) in [7, 11) is 0. The molecule has 0 spiro atoms. The largest absolute Gasteiger partial charge is 0.391 e. The molecule has 1 fully saturated rings. The maximum Gasteiger partial charge on any atom is 0.243 e. The van der Waals surface area contributed by atoms with Gasteiger partial charge in [-0.25, -0.2) is 0 Å². The van der Waals surface area contributed by atoms with Gasteiger partial charge in [0.2, 0.25) is 11.8 Å². The molecule has 1 aliphatic heterocycles. The number of thiazole rings is 1. The monoisotopic (exact) mass is 438 g/mol. The average molecular weight is 439 g/mol. The zero-order valence-corrected chi connectivity index (χ0v) is 18.1. The van der Waals surface area contributed by atoms with E-state index in [4.69, 9.17) is 5.73 Å². The minimum absolute atomic E-state index is 0. The Labute approximate surface area is 180 Å². The molecule has 3 atom stereocenters. The fourth-order valence-corrected chi connectivity index (χ4v) is 3.86. The molecule has 29 heavy (non-hydrogen) atoms. The third-order valence-electron chi connectivity index (χ3n) is 5.01. The lowest BCUT2D eigenvalue weighted by Gasteiger charge is -2.27. The molecule has 0 bridgehead atoms. The predicted octanol–water partition coefficient (Wildman–Crippen LogP) is 1.79. The van der Waals surface area contributed by atoms with Crippen LogP contribution in [0, 0.1) is 5.92 Å². The van der Waals surface area contributed by atoms with Crippen molar-refractivity contribution in [3.63, 3.8) is 0 Å². The number of nitrogens with two attached hydrogens (primary N) is 1. The first kappa shape index (κ1) is 23.3. The van der Waals surface area contributed by atoms with Crippen LogP contribution >= 0.6 is 23.7 Å². The summed E-state index contributed by atoms with van der Waals surface area (Å²) < 4.78 is 0. The van der Waals surface area contributed by atoms with Crippen LogP contribution in [0.15, 0.2) is 36.0 Å². The first-order valence-electron chi connectivity index (χ1n) is 9.36. The van der Waals surface area contributed by atoms with Crippen LogP contribution in [-0.4, -0.2) is 51.5 Å². The number of rotatable bonds is 6. The molecule has 0 radical (unpaired) electrons. The Hall–Kier alpha value is -2.00. The third kappa shape index (κ3) is 5.54. The van der Waals surface area contributed by atoms with Crippen LogP contribution in [0.5, 0.6) is 0 Å². The highest BCUT2D eigenvalue weighted by molar-refractivity contribution is 7.13. The van der Waals surface area contributed by atoms with Gasteiger partial charge in [0.25, 0.3) is 0 Å². The highest BCUT2D eigenvalue weighted by Crippen LogP contribution is 2.24. The fourth-order valence-electron chi connectivity index (χ4n) is 3.23. The zero-order valence-electron chi connectivity index (χ0n) is 16.4. The first-order chi connectivity index (χ1) is 13.4. The number of β-amino-alcohol motifs (C(OH)–C–C–N with tert-alkyl or cyclic N) is 1. The second kappa shape index (κ2) is 10.2. The van der Waals surface area contributed by atoms with Gasteiger partial charge in [-0.2, -0.15) is 0 Å². The van der Waals surface area contributed by atoms with E-state index >= 15 is 0 Å². The van der Waals surface area contributed by atoms with E-state index in [1.165, 1.54) is 4.90 Å². The van der Waals surface area contributed by atoms with E-state index < -0.39 is 18.2 Å². The van der Waals surface area contributed by atoms with Gasteiger partial charge >= 0.3 is 0 Å². The van der Waals surface area contributed by atoms with E-state index in [0.29, 0.717) is 6.54 Å². The van der Waals surface area contributed by atoms with Gasteiger partial charge in [-0.05, 0) is 17.0 Å². The van der Waals surface area contributed by atoms with E-state index in [2.05, 4.69) is 10.3 Å². The minimum Gasteiger partial charge on any atom is -0.391 e. The van der Waals surface area contributed by atoms with Crippen molar-refractivity contribution in [2.45, 2.75) is 45.0 Å². The number of aromatic nitrogens is 1. The maximum atomic E-state index is 12.7. The van der Waals surface area contributed by atoms with Gasteiger partial charge in [-0.1, -0.05) is 38.1 Å². The smallest absolute Gasteiger partial charge is 0.243 e. The second-order valence-corrected chi connectivity index (χ2v) is 8.33. The van der Waals surface area contributed by atoms with Crippen molar-refractivity contribution in [3.8, 4) is 10.4 Å². The molecule has 3 rings (SSSR count). The van der Waals surface area contributed by atoms with Crippen molar-refractivity contribution in [3.05, 3.63) is 41.5 Å². The minimum atomic E-state index is -0.710. The average Bonchev–Trinajstić information content (AvgIpc) is 3.35. The van der Waals surface area contributed by atoms with Crippen molar-refractivity contribution in [1.82, 2.24) is 15.2 Å². The molecule has 2 amide bonds. The Bertz CT molecular complexity index is 814. The number of likely N-dealkylation sites (tertiary alicyclic amines) is 1. The maximum absolute atomic E-state index is 12.7. The van der Waals surface area contributed by atoms with Crippen LogP contribution in [0.25, 0.3) is 10.4 Å². The van der Waals surface area contributed by atoms with Gasteiger partial charge < -0.3 is 21.1 Å². The Balaban J connectivity index is 0.00000300. The molecule has 1 aliphatic rings. The number of benzene rings is 1. The van der Waals surface area contributed by atoms with Crippen LogP contribution in [-0.2, 0) is 16.1 Å². The third-order valence-corrected chi connectivity index (χ3v) is 5.83. The van der Waals surface area contributed by atoms with Crippen LogP contribution < -0.4 is 11.1 Å². The molecule has 2 heterocycles. The van der Waals surface area contributed by atoms with Crippen LogP contribution in [0.3, 0.4) is 0 Å². The quantitative estimate of drug-likeness (QED) is 0.637. The number of aliphatic hydroxyl groups is 1. The molecular formula is C20H27ClN4O3S. The van der Waals surface area contributed by atoms with Crippen LogP contribution in [0.2, 0.25) is 0 Å². The number of halogens is 1. The Morgan fingerprint density at radius 3 is 2.62 bits per heavy atom. The van der Waals surface area contributed by atoms with E-state index in [1.807, 2.05) is 44.3 Å². The lowest BCUT2D eigenvalue weighted by molar-refractivity contribution is -0.140. The van der Waals surface area contributed by atoms with Gasteiger partial charge in [0.05, 0.1) is 22.5 Å². The molecule has 1 aromatic heterocycles. The second-order valence-electron chi connectivity index (χ2n) is 7.45. The number of nitrogens with one attached hydrogen (secondary N) is 1. The van der Waals surface area contributed by atoms with E-state index in [0.717, 1.165) is 16.0 Å². The van der Waals surface area contributed by atoms with E-state index in [9.17, 15) is 14.7 Å². The normalized spacial score (nSPS) is 19.7. The Morgan fingerprint density at radius 1 is 1.34 bits per heavy atom. The van der Waals surface area contributed by atoms with Gasteiger partial charge in [0.15, 0.2) is 0 Å². The predicted molar refractivity (Wildman–Crippen MR) is 116 cm³/mol. The molecule has 2 aromatic rings. The van der Waals surface area contributed by atoms with Gasteiger partial charge in [-0.15, -0.1) is 23.7 Å². The Morgan fingerprint density at radius 2 is 2.03 bits per heavy atom. The van der Waals surface area contributed by atoms with Crippen molar-refractivity contribution in [1.29, 1.82) is 0 Å². The number of hydrogen-bond acceptors (Lipinski definition) is 6. The highest BCUT2D eigenvalue weighted by Gasteiger charge is 2.40. The summed E-state index contributed by atoms with van der Waals surface area (Å²) in [6.07, 6.45) is 1.34. The lowest BCUT2D eigenvalue weighted by atomic mass is 10.0. The number of carbonyl (C=O) groups is 2. The van der Waals surface area contributed by atoms with Crippen molar-refractivity contribution >= 4 is 35.6 Å². The van der Waals surface area contributed by atoms with Crippen LogP contribution in [0.4, 0.5) is 0 Å². The summed E-state index contributed by atoms with van der Waals surface area (Å²) >= 11 is 1.57. The lowest BCUT2D eigenvalue weighted by Crippen LogP contribution is -2.52. The Kier molecular flexibility index (Phi) is 8.15. The SMILES string of the molecule is CC(C)C(N)C(=O)N1C[C@H](O)C[C@H]1C(=O)NCc1ccc(-c2cncs2)cc1.Cl. The molecule has 9 heteroatoms. The van der Waals surface area contributed by atoms with Crippen molar-refractivity contribution in [2.24, 2.45) is 11.7 Å². The topological polar surface area (TPSA) is 109 Å². The van der Waals surface area contributed by atoms with Gasteiger partial charge in [0.1, 0.15) is 6.04 Å². The first-order valence-corrected chi connectivity index (χ1v) is 10.2. The summed E-state index contributed by atoms with van der Waals surface area (Å²) in [6.45, 7) is 4.22. The number of carbonyl (C=O) groups excluding carboxylic acids is 2. The van der Waals surface area contributed by atoms with Gasteiger partial charge in [0, 0.05) is 25.7 Å². The molecular weight excluding hydrogens is 412 g/mol. The molecule has 0 aliphatic carbocycles. The zero-order chi connectivity index (χ0) is 20.3. The molecule has 7 nitrogen and oxygen atoms in total.